The maximum Gasteiger partial charge on any atom is 0.193 e. The van der Waals surface area contributed by atoms with Crippen molar-refractivity contribution in [2.45, 2.75) is 26.3 Å². The molecule has 0 bridgehead atoms. The van der Waals surface area contributed by atoms with Gasteiger partial charge in [0.1, 0.15) is 0 Å². The zero-order chi connectivity index (χ0) is 17.8. The van der Waals surface area contributed by atoms with Crippen molar-refractivity contribution >= 4 is 21.9 Å². The van der Waals surface area contributed by atoms with E-state index in [1.165, 1.54) is 23.1 Å². The summed E-state index contributed by atoms with van der Waals surface area (Å²) in [5.74, 6) is 1.66. The lowest BCUT2D eigenvalue weighted by atomic mass is 10.0. The molecule has 1 aliphatic rings. The van der Waals surface area contributed by atoms with Gasteiger partial charge in [0.05, 0.1) is 6.20 Å². The fourth-order valence-electron chi connectivity index (χ4n) is 3.47. The highest BCUT2D eigenvalue weighted by atomic mass is 79.9. The first-order chi connectivity index (χ1) is 12.0. The summed E-state index contributed by atoms with van der Waals surface area (Å²) in [6.45, 7) is 5.05. The summed E-state index contributed by atoms with van der Waals surface area (Å²) in [6, 6.07) is 6.40. The van der Waals surface area contributed by atoms with E-state index in [1.54, 1.807) is 0 Å². The van der Waals surface area contributed by atoms with Crippen LogP contribution in [0.1, 0.15) is 23.1 Å². The third-order valence-electron chi connectivity index (χ3n) is 4.82. The predicted molar refractivity (Wildman–Crippen MR) is 106 cm³/mol. The Balaban J connectivity index is 1.55. The Morgan fingerprint density at radius 1 is 1.44 bits per heavy atom. The average Bonchev–Trinajstić information content (AvgIpc) is 3.19. The molecule has 3 rings (SSSR count). The summed E-state index contributed by atoms with van der Waals surface area (Å²) in [5, 5.41) is 7.79. The molecule has 0 aliphatic carbocycles. The molecule has 2 aromatic rings. The topological polar surface area (TPSA) is 45.5 Å². The van der Waals surface area contributed by atoms with Crippen LogP contribution < -0.4 is 5.32 Å². The highest BCUT2D eigenvalue weighted by Gasteiger charge is 2.25. The van der Waals surface area contributed by atoms with Crippen LogP contribution in [0.5, 0.6) is 0 Å². The normalized spacial score (nSPS) is 18.0. The van der Waals surface area contributed by atoms with Crippen LogP contribution in [0.2, 0.25) is 0 Å². The monoisotopic (exact) mass is 403 g/mol. The van der Waals surface area contributed by atoms with E-state index in [0.29, 0.717) is 5.92 Å². The van der Waals surface area contributed by atoms with Crippen molar-refractivity contribution in [1.82, 2.24) is 20.0 Å². The Kier molecular flexibility index (Phi) is 5.78. The van der Waals surface area contributed by atoms with Crippen molar-refractivity contribution in [3.63, 3.8) is 0 Å². The molecule has 25 heavy (non-hydrogen) atoms. The van der Waals surface area contributed by atoms with Crippen molar-refractivity contribution < 1.29 is 0 Å². The smallest absolute Gasteiger partial charge is 0.193 e. The van der Waals surface area contributed by atoms with Gasteiger partial charge in [0.25, 0.3) is 0 Å². The summed E-state index contributed by atoms with van der Waals surface area (Å²) < 4.78 is 3.00. The number of aliphatic imine (C=N–C) groups is 1. The van der Waals surface area contributed by atoms with Gasteiger partial charge in [-0.05, 0) is 54.5 Å². The summed E-state index contributed by atoms with van der Waals surface area (Å²) >= 11 is 3.52. The Morgan fingerprint density at radius 3 is 2.96 bits per heavy atom. The zero-order valence-corrected chi connectivity index (χ0v) is 16.8. The number of nitrogens with zero attached hydrogens (tertiary/aromatic N) is 4. The van der Waals surface area contributed by atoms with Gasteiger partial charge in [0.15, 0.2) is 5.96 Å². The van der Waals surface area contributed by atoms with Gasteiger partial charge in [0, 0.05) is 44.4 Å². The average molecular weight is 404 g/mol. The van der Waals surface area contributed by atoms with Gasteiger partial charge < -0.3 is 10.2 Å². The van der Waals surface area contributed by atoms with Gasteiger partial charge in [-0.15, -0.1) is 0 Å². The van der Waals surface area contributed by atoms with Gasteiger partial charge in [-0.3, -0.25) is 9.67 Å². The number of halogens is 1. The molecule has 1 aliphatic heterocycles. The van der Waals surface area contributed by atoms with E-state index >= 15 is 0 Å². The minimum atomic E-state index is 0.664. The molecule has 2 heterocycles. The van der Waals surface area contributed by atoms with E-state index in [1.807, 2.05) is 25.0 Å². The highest BCUT2D eigenvalue weighted by Crippen LogP contribution is 2.21. The second kappa shape index (κ2) is 8.04. The summed E-state index contributed by atoms with van der Waals surface area (Å²) in [7, 11) is 3.84. The quantitative estimate of drug-likeness (QED) is 0.629. The molecule has 1 atom stereocenters. The first-order valence-corrected chi connectivity index (χ1v) is 9.52. The SMILES string of the molecule is CN=C(NCc1ccc(Br)cc1C)N1CCC(Cc2cnn(C)c2)C1. The summed E-state index contributed by atoms with van der Waals surface area (Å²) in [4.78, 5) is 6.85. The van der Waals surface area contributed by atoms with Crippen LogP contribution in [0, 0.1) is 12.8 Å². The molecule has 5 nitrogen and oxygen atoms in total. The molecule has 1 aromatic heterocycles. The minimum absolute atomic E-state index is 0.664. The van der Waals surface area contributed by atoms with Gasteiger partial charge in [-0.1, -0.05) is 22.0 Å². The van der Waals surface area contributed by atoms with Crippen molar-refractivity contribution in [2.24, 2.45) is 18.0 Å². The fraction of sp³-hybridized carbons (Fsp3) is 0.474. The van der Waals surface area contributed by atoms with Crippen LogP contribution in [-0.4, -0.2) is 40.8 Å². The first kappa shape index (κ1) is 18.0. The molecule has 0 saturated carbocycles. The second-order valence-corrected chi connectivity index (χ2v) is 7.71. The fourth-order valence-corrected chi connectivity index (χ4v) is 3.94. The predicted octanol–water partition coefficient (Wildman–Crippen LogP) is 3.13. The number of nitrogens with one attached hydrogen (secondary N) is 1. The molecule has 6 heteroatoms. The maximum absolute atomic E-state index is 4.48. The molecular weight excluding hydrogens is 378 g/mol. The highest BCUT2D eigenvalue weighted by molar-refractivity contribution is 9.10. The third-order valence-corrected chi connectivity index (χ3v) is 5.31. The second-order valence-electron chi connectivity index (χ2n) is 6.80. The minimum Gasteiger partial charge on any atom is -0.352 e. The number of aromatic nitrogens is 2. The lowest BCUT2D eigenvalue weighted by Gasteiger charge is -2.22. The molecule has 0 amide bonds. The number of likely N-dealkylation sites (tertiary alicyclic amines) is 1. The number of guanidine groups is 1. The van der Waals surface area contributed by atoms with Crippen molar-refractivity contribution in [3.8, 4) is 0 Å². The van der Waals surface area contributed by atoms with Crippen molar-refractivity contribution in [1.29, 1.82) is 0 Å². The van der Waals surface area contributed by atoms with E-state index in [4.69, 9.17) is 0 Å². The molecule has 0 spiro atoms. The van der Waals surface area contributed by atoms with Crippen molar-refractivity contribution in [3.05, 3.63) is 51.8 Å². The molecule has 1 aromatic carbocycles. The molecule has 1 saturated heterocycles. The largest absolute Gasteiger partial charge is 0.352 e. The number of benzene rings is 1. The molecular formula is C19H26BrN5. The van der Waals surface area contributed by atoms with Gasteiger partial charge >= 0.3 is 0 Å². The standard InChI is InChI=1S/C19H26BrN5/c1-14-8-18(20)5-4-17(14)11-22-19(21-2)25-7-6-15(13-25)9-16-10-23-24(3)12-16/h4-5,8,10,12,15H,6-7,9,11,13H2,1-3H3,(H,21,22). The third kappa shape index (κ3) is 4.63. The van der Waals surface area contributed by atoms with Crippen molar-refractivity contribution in [2.75, 3.05) is 20.1 Å². The van der Waals surface area contributed by atoms with E-state index in [2.05, 4.69) is 67.6 Å². The van der Waals surface area contributed by atoms with Crippen LogP contribution in [0.3, 0.4) is 0 Å². The number of hydrogen-bond donors (Lipinski definition) is 1. The summed E-state index contributed by atoms with van der Waals surface area (Å²) in [6.07, 6.45) is 6.39. The van der Waals surface area contributed by atoms with Gasteiger partial charge in [-0.25, -0.2) is 0 Å². The molecule has 1 N–H and O–H groups in total. The number of hydrogen-bond acceptors (Lipinski definition) is 2. The Hall–Kier alpha value is -1.82. The first-order valence-electron chi connectivity index (χ1n) is 8.73. The van der Waals surface area contributed by atoms with E-state index < -0.39 is 0 Å². The lowest BCUT2D eigenvalue weighted by Crippen LogP contribution is -2.39. The Morgan fingerprint density at radius 2 is 2.28 bits per heavy atom. The number of aryl methyl sites for hydroxylation is 2. The van der Waals surface area contributed by atoms with Gasteiger partial charge in [0.2, 0.25) is 0 Å². The van der Waals surface area contributed by atoms with E-state index in [9.17, 15) is 0 Å². The van der Waals surface area contributed by atoms with Crippen LogP contribution >= 0.6 is 15.9 Å². The maximum atomic E-state index is 4.48. The molecule has 134 valence electrons. The van der Waals surface area contributed by atoms with Gasteiger partial charge in [-0.2, -0.15) is 5.10 Å². The number of rotatable bonds is 4. The summed E-state index contributed by atoms with van der Waals surface area (Å²) in [5.41, 5.74) is 3.91. The zero-order valence-electron chi connectivity index (χ0n) is 15.2. The van der Waals surface area contributed by atoms with Crippen LogP contribution in [0.25, 0.3) is 0 Å². The van der Waals surface area contributed by atoms with E-state index in [0.717, 1.165) is 36.5 Å². The molecule has 0 radical (unpaired) electrons. The Bertz CT molecular complexity index is 752. The van der Waals surface area contributed by atoms with Crippen LogP contribution in [0.15, 0.2) is 40.1 Å². The lowest BCUT2D eigenvalue weighted by molar-refractivity contribution is 0.459. The molecule has 1 fully saturated rings. The van der Waals surface area contributed by atoms with Crippen LogP contribution in [0.4, 0.5) is 0 Å². The van der Waals surface area contributed by atoms with Crippen LogP contribution in [-0.2, 0) is 20.0 Å². The molecule has 1 unspecified atom stereocenters. The van der Waals surface area contributed by atoms with E-state index in [-0.39, 0.29) is 0 Å². The Labute approximate surface area is 158 Å².